The molecule has 5 nitrogen and oxygen atoms in total. The molecule has 1 saturated carbocycles. The van der Waals surface area contributed by atoms with E-state index in [4.69, 9.17) is 4.74 Å². The predicted octanol–water partition coefficient (Wildman–Crippen LogP) is 3.69. The molecule has 0 spiro atoms. The van der Waals surface area contributed by atoms with Crippen LogP contribution < -0.4 is 10.2 Å². The predicted molar refractivity (Wildman–Crippen MR) is 99.0 cm³/mol. The molecule has 132 valence electrons. The molecule has 1 aliphatic carbocycles. The van der Waals surface area contributed by atoms with Gasteiger partial charge in [-0.3, -0.25) is 4.79 Å². The lowest BCUT2D eigenvalue weighted by atomic mass is 9.95. The van der Waals surface area contributed by atoms with Crippen LogP contribution >= 0.6 is 0 Å². The minimum absolute atomic E-state index is 0.142. The molecule has 25 heavy (non-hydrogen) atoms. The first-order chi connectivity index (χ1) is 12.2. The molecule has 1 N–H and O–H groups in total. The quantitative estimate of drug-likeness (QED) is 0.644. The number of ether oxygens (including phenoxy) is 1. The molecule has 1 aliphatic rings. The highest BCUT2D eigenvalue weighted by molar-refractivity contribution is 5.83. The molecule has 0 saturated heterocycles. The van der Waals surface area contributed by atoms with E-state index in [1.807, 2.05) is 30.3 Å². The van der Waals surface area contributed by atoms with E-state index >= 15 is 0 Å². The molecule has 1 aromatic carbocycles. The highest BCUT2D eigenvalue weighted by Crippen LogP contribution is 2.28. The van der Waals surface area contributed by atoms with Gasteiger partial charge < -0.3 is 9.30 Å². The van der Waals surface area contributed by atoms with Gasteiger partial charge in [0.1, 0.15) is 5.75 Å². The maximum atomic E-state index is 12.0. The van der Waals surface area contributed by atoms with Gasteiger partial charge in [0.05, 0.1) is 19.7 Å². The Kier molecular flexibility index (Phi) is 5.88. The number of amides is 1. The number of aromatic nitrogens is 1. The van der Waals surface area contributed by atoms with E-state index in [2.05, 4.69) is 27.5 Å². The van der Waals surface area contributed by atoms with Crippen LogP contribution in [0.2, 0.25) is 0 Å². The second-order valence-corrected chi connectivity index (χ2v) is 6.51. The second kappa shape index (κ2) is 8.51. The summed E-state index contributed by atoms with van der Waals surface area (Å²) in [5.74, 6) is 0.606. The molecule has 1 fully saturated rings. The number of rotatable bonds is 6. The van der Waals surface area contributed by atoms with Crippen LogP contribution in [0.1, 0.15) is 49.3 Å². The van der Waals surface area contributed by atoms with E-state index < -0.39 is 0 Å². The van der Waals surface area contributed by atoms with Crippen LogP contribution in [0.3, 0.4) is 0 Å². The van der Waals surface area contributed by atoms with Crippen molar-refractivity contribution in [2.45, 2.75) is 44.6 Å². The summed E-state index contributed by atoms with van der Waals surface area (Å²) in [4.78, 5) is 12.0. The lowest BCUT2D eigenvalue weighted by Crippen LogP contribution is -2.19. The number of methoxy groups -OCH3 is 1. The standard InChI is InChI=1S/C20H25N3O2/c1-25-19-9-5-6-16(12-19)13-20(24)22-21-14-17-10-11-23(15-17)18-7-3-2-4-8-18/h5-6,9-12,14-15,18H,2-4,7-8,13H2,1H3,(H,22,24)/b21-14+. The number of nitrogens with one attached hydrogen (secondary N) is 1. The third-order valence-corrected chi connectivity index (χ3v) is 4.64. The number of hydrazone groups is 1. The molecule has 2 aromatic rings. The summed E-state index contributed by atoms with van der Waals surface area (Å²) in [6.07, 6.45) is 12.7. The Bertz CT molecular complexity index is 730. The molecule has 0 unspecified atom stereocenters. The molecule has 1 amide bonds. The van der Waals surface area contributed by atoms with Gasteiger partial charge in [-0.25, -0.2) is 5.43 Å². The van der Waals surface area contributed by atoms with Crippen molar-refractivity contribution >= 4 is 12.1 Å². The summed E-state index contributed by atoms with van der Waals surface area (Å²) in [6.45, 7) is 0. The molecule has 0 atom stereocenters. The van der Waals surface area contributed by atoms with E-state index in [0.717, 1.165) is 16.9 Å². The van der Waals surface area contributed by atoms with E-state index in [9.17, 15) is 4.79 Å². The van der Waals surface area contributed by atoms with Crippen LogP contribution in [0.25, 0.3) is 0 Å². The van der Waals surface area contributed by atoms with Gasteiger partial charge in [0, 0.05) is 24.0 Å². The Labute approximate surface area is 148 Å². The zero-order valence-corrected chi connectivity index (χ0v) is 14.6. The fraction of sp³-hybridized carbons (Fsp3) is 0.400. The lowest BCUT2D eigenvalue weighted by Gasteiger charge is -2.23. The zero-order valence-electron chi connectivity index (χ0n) is 14.6. The first-order valence-corrected chi connectivity index (χ1v) is 8.87. The maximum Gasteiger partial charge on any atom is 0.244 e. The van der Waals surface area contributed by atoms with Crippen LogP contribution in [-0.4, -0.2) is 23.8 Å². The molecule has 5 heteroatoms. The number of nitrogens with zero attached hydrogens (tertiary/aromatic N) is 2. The minimum atomic E-state index is -0.142. The van der Waals surface area contributed by atoms with Gasteiger partial charge in [0.25, 0.3) is 0 Å². The van der Waals surface area contributed by atoms with Gasteiger partial charge in [-0.05, 0) is 36.6 Å². The van der Waals surface area contributed by atoms with Crippen molar-refractivity contribution in [3.05, 3.63) is 53.9 Å². The van der Waals surface area contributed by atoms with Gasteiger partial charge in [-0.15, -0.1) is 0 Å². The van der Waals surface area contributed by atoms with Crippen LogP contribution in [0.5, 0.6) is 5.75 Å². The Balaban J connectivity index is 1.50. The van der Waals surface area contributed by atoms with Gasteiger partial charge in [0.15, 0.2) is 0 Å². The van der Waals surface area contributed by atoms with Gasteiger partial charge >= 0.3 is 0 Å². The van der Waals surface area contributed by atoms with E-state index in [1.165, 1.54) is 32.1 Å². The molecule has 1 heterocycles. The molecular weight excluding hydrogens is 314 g/mol. The molecule has 0 radical (unpaired) electrons. The van der Waals surface area contributed by atoms with Crippen molar-refractivity contribution in [3.63, 3.8) is 0 Å². The topological polar surface area (TPSA) is 55.6 Å². The Morgan fingerprint density at radius 3 is 2.96 bits per heavy atom. The first-order valence-electron chi connectivity index (χ1n) is 8.87. The van der Waals surface area contributed by atoms with Crippen molar-refractivity contribution in [2.75, 3.05) is 7.11 Å². The summed E-state index contributed by atoms with van der Waals surface area (Å²) >= 11 is 0. The van der Waals surface area contributed by atoms with E-state index in [1.54, 1.807) is 13.3 Å². The molecule has 1 aromatic heterocycles. The average Bonchev–Trinajstić information content (AvgIpc) is 3.11. The van der Waals surface area contributed by atoms with Crippen LogP contribution in [0.15, 0.2) is 47.8 Å². The Hall–Kier alpha value is -2.56. The Morgan fingerprint density at radius 2 is 2.16 bits per heavy atom. The molecule has 0 bridgehead atoms. The number of hydrogen-bond acceptors (Lipinski definition) is 3. The zero-order chi connectivity index (χ0) is 17.5. The number of carbonyl (C=O) groups excluding carboxylic acids is 1. The van der Waals surface area contributed by atoms with Gasteiger partial charge in [-0.2, -0.15) is 5.10 Å². The summed E-state index contributed by atoms with van der Waals surface area (Å²) < 4.78 is 7.44. The van der Waals surface area contributed by atoms with Crippen molar-refractivity contribution < 1.29 is 9.53 Å². The maximum absolute atomic E-state index is 12.0. The third-order valence-electron chi connectivity index (χ3n) is 4.64. The smallest absolute Gasteiger partial charge is 0.244 e. The van der Waals surface area contributed by atoms with Crippen molar-refractivity contribution in [2.24, 2.45) is 5.10 Å². The third kappa shape index (κ3) is 4.95. The van der Waals surface area contributed by atoms with Crippen molar-refractivity contribution in [1.29, 1.82) is 0 Å². The molecule has 0 aliphatic heterocycles. The van der Waals surface area contributed by atoms with Crippen LogP contribution in [0.4, 0.5) is 0 Å². The summed E-state index contributed by atoms with van der Waals surface area (Å²) in [6, 6.07) is 10.1. The number of hydrogen-bond donors (Lipinski definition) is 1. The lowest BCUT2D eigenvalue weighted by molar-refractivity contribution is -0.120. The van der Waals surface area contributed by atoms with Gasteiger partial charge in [0.2, 0.25) is 5.91 Å². The monoisotopic (exact) mass is 339 g/mol. The summed E-state index contributed by atoms with van der Waals surface area (Å²) in [5, 5.41) is 4.07. The Morgan fingerprint density at radius 1 is 1.32 bits per heavy atom. The van der Waals surface area contributed by atoms with Gasteiger partial charge in [-0.1, -0.05) is 31.4 Å². The van der Waals surface area contributed by atoms with Crippen LogP contribution in [0, 0.1) is 0 Å². The summed E-state index contributed by atoms with van der Waals surface area (Å²) in [7, 11) is 1.61. The molecular formula is C20H25N3O2. The summed E-state index contributed by atoms with van der Waals surface area (Å²) in [5.41, 5.74) is 4.49. The van der Waals surface area contributed by atoms with Crippen molar-refractivity contribution in [3.8, 4) is 5.75 Å². The highest BCUT2D eigenvalue weighted by Gasteiger charge is 2.14. The molecule has 3 rings (SSSR count). The first kappa shape index (κ1) is 17.3. The SMILES string of the molecule is COc1cccc(CC(=O)N/N=C/c2ccn(C3CCCCC3)c2)c1. The average molecular weight is 339 g/mol. The van der Waals surface area contributed by atoms with E-state index in [0.29, 0.717) is 6.04 Å². The van der Waals surface area contributed by atoms with E-state index in [-0.39, 0.29) is 12.3 Å². The number of benzene rings is 1. The normalized spacial score (nSPS) is 15.4. The minimum Gasteiger partial charge on any atom is -0.497 e. The highest BCUT2D eigenvalue weighted by atomic mass is 16.5. The largest absolute Gasteiger partial charge is 0.497 e. The van der Waals surface area contributed by atoms with Crippen molar-refractivity contribution in [1.82, 2.24) is 9.99 Å². The second-order valence-electron chi connectivity index (χ2n) is 6.51. The van der Waals surface area contributed by atoms with Crippen LogP contribution in [-0.2, 0) is 11.2 Å². The number of carbonyl (C=O) groups is 1. The fourth-order valence-electron chi connectivity index (χ4n) is 3.30. The fourth-order valence-corrected chi connectivity index (χ4v) is 3.30.